The Bertz CT molecular complexity index is 734. The molecule has 0 saturated carbocycles. The number of benzene rings is 2. The lowest BCUT2D eigenvalue weighted by Gasteiger charge is -2.24. The number of nitrogens with two attached hydrogens (primary N) is 1. The Balaban J connectivity index is 0.00000210. The predicted octanol–water partition coefficient (Wildman–Crippen LogP) is 4.02. The zero-order valence-electron chi connectivity index (χ0n) is 15.7. The van der Waals surface area contributed by atoms with Crippen LogP contribution in [-0.2, 0) is 6.54 Å². The van der Waals surface area contributed by atoms with E-state index in [1.54, 1.807) is 6.07 Å². The molecule has 2 fully saturated rings. The molecule has 2 atom stereocenters. The largest absolute Gasteiger partial charge is 0.371 e. The molecular weight excluding hydrogens is 361 g/mol. The topological polar surface area (TPSA) is 32.5 Å². The molecule has 146 valence electrons. The molecule has 27 heavy (non-hydrogen) atoms. The first-order chi connectivity index (χ1) is 12.8. The normalized spacial score (nSPS) is 22.8. The van der Waals surface area contributed by atoms with Gasteiger partial charge in [-0.3, -0.25) is 4.90 Å². The molecule has 0 aromatic heterocycles. The van der Waals surface area contributed by atoms with E-state index in [2.05, 4.69) is 46.2 Å². The van der Waals surface area contributed by atoms with Crippen molar-refractivity contribution in [2.45, 2.75) is 25.3 Å². The van der Waals surface area contributed by atoms with E-state index in [9.17, 15) is 4.39 Å². The summed E-state index contributed by atoms with van der Waals surface area (Å²) in [4.78, 5) is 4.72. The van der Waals surface area contributed by atoms with Gasteiger partial charge < -0.3 is 10.6 Å². The molecule has 2 aliphatic heterocycles. The van der Waals surface area contributed by atoms with Crippen molar-refractivity contribution in [1.29, 1.82) is 0 Å². The van der Waals surface area contributed by atoms with E-state index < -0.39 is 0 Å². The number of nitrogens with zero attached hydrogens (tertiary/aromatic N) is 2. The number of likely N-dealkylation sites (tertiary alicyclic amines) is 1. The van der Waals surface area contributed by atoms with Crippen molar-refractivity contribution < 1.29 is 4.39 Å². The van der Waals surface area contributed by atoms with Crippen LogP contribution in [0.1, 0.15) is 29.9 Å². The lowest BCUT2D eigenvalue weighted by atomic mass is 9.89. The summed E-state index contributed by atoms with van der Waals surface area (Å²) < 4.78 is 14.7. The molecule has 0 amide bonds. The molecular formula is C22H29ClFN3. The predicted molar refractivity (Wildman–Crippen MR) is 112 cm³/mol. The van der Waals surface area contributed by atoms with Crippen molar-refractivity contribution in [3.63, 3.8) is 0 Å². The minimum absolute atomic E-state index is 0. The maximum Gasteiger partial charge on any atom is 0.129 e. The fourth-order valence-electron chi connectivity index (χ4n) is 4.59. The van der Waals surface area contributed by atoms with Gasteiger partial charge in [0.15, 0.2) is 0 Å². The highest BCUT2D eigenvalue weighted by Gasteiger charge is 2.33. The molecule has 2 heterocycles. The molecule has 2 saturated heterocycles. The standard InChI is InChI=1S/C22H28FN3.ClH/c23-21-9-6-10-22(26-11-4-5-12-26)20(21)16-25-14-18(13-24)19(15-25)17-7-2-1-3-8-17;/h1-3,6-10,18-19H,4-5,11-16,24H2;1H/t18-,19+;/m1./s1. The Kier molecular flexibility index (Phi) is 6.74. The van der Waals surface area contributed by atoms with E-state index in [1.807, 2.05) is 6.07 Å². The summed E-state index contributed by atoms with van der Waals surface area (Å²) in [5.41, 5.74) is 9.34. The molecule has 0 unspecified atom stereocenters. The van der Waals surface area contributed by atoms with Gasteiger partial charge in [-0.2, -0.15) is 0 Å². The first-order valence-corrected chi connectivity index (χ1v) is 9.76. The third kappa shape index (κ3) is 4.29. The van der Waals surface area contributed by atoms with Crippen LogP contribution in [-0.4, -0.2) is 37.6 Å². The quantitative estimate of drug-likeness (QED) is 0.838. The molecule has 0 radical (unpaired) electrons. The Morgan fingerprint density at radius 3 is 2.41 bits per heavy atom. The summed E-state index contributed by atoms with van der Waals surface area (Å²) in [5, 5.41) is 0. The molecule has 4 rings (SSSR count). The van der Waals surface area contributed by atoms with Crippen molar-refractivity contribution in [3.8, 4) is 0 Å². The summed E-state index contributed by atoms with van der Waals surface area (Å²) >= 11 is 0. The fraction of sp³-hybridized carbons (Fsp3) is 0.455. The second-order valence-corrected chi connectivity index (χ2v) is 7.64. The van der Waals surface area contributed by atoms with Crippen LogP contribution < -0.4 is 10.6 Å². The van der Waals surface area contributed by atoms with Crippen LogP contribution in [0, 0.1) is 11.7 Å². The Morgan fingerprint density at radius 1 is 0.963 bits per heavy atom. The van der Waals surface area contributed by atoms with Gasteiger partial charge in [-0.05, 0) is 43.0 Å². The van der Waals surface area contributed by atoms with Gasteiger partial charge in [0.1, 0.15) is 5.82 Å². The van der Waals surface area contributed by atoms with E-state index in [0.717, 1.165) is 37.4 Å². The van der Waals surface area contributed by atoms with Gasteiger partial charge in [-0.15, -0.1) is 12.4 Å². The molecule has 0 aliphatic carbocycles. The van der Waals surface area contributed by atoms with Gasteiger partial charge in [0, 0.05) is 49.9 Å². The first kappa shape index (κ1) is 20.1. The van der Waals surface area contributed by atoms with Crippen LogP contribution in [0.2, 0.25) is 0 Å². The van der Waals surface area contributed by atoms with Crippen LogP contribution in [0.4, 0.5) is 10.1 Å². The van der Waals surface area contributed by atoms with Crippen molar-refractivity contribution in [1.82, 2.24) is 4.90 Å². The van der Waals surface area contributed by atoms with E-state index in [-0.39, 0.29) is 18.2 Å². The van der Waals surface area contributed by atoms with Gasteiger partial charge in [-0.1, -0.05) is 36.4 Å². The van der Waals surface area contributed by atoms with Gasteiger partial charge in [0.2, 0.25) is 0 Å². The second-order valence-electron chi connectivity index (χ2n) is 7.64. The van der Waals surface area contributed by atoms with Crippen LogP contribution >= 0.6 is 12.4 Å². The van der Waals surface area contributed by atoms with Gasteiger partial charge >= 0.3 is 0 Å². The zero-order valence-corrected chi connectivity index (χ0v) is 16.5. The number of anilines is 1. The summed E-state index contributed by atoms with van der Waals surface area (Å²) in [5.74, 6) is 0.782. The van der Waals surface area contributed by atoms with Crippen molar-refractivity contribution in [3.05, 3.63) is 65.5 Å². The molecule has 2 aromatic rings. The van der Waals surface area contributed by atoms with Crippen molar-refractivity contribution in [2.75, 3.05) is 37.6 Å². The highest BCUT2D eigenvalue weighted by molar-refractivity contribution is 5.85. The van der Waals surface area contributed by atoms with Crippen LogP contribution in [0.3, 0.4) is 0 Å². The van der Waals surface area contributed by atoms with Crippen LogP contribution in [0.25, 0.3) is 0 Å². The fourth-order valence-corrected chi connectivity index (χ4v) is 4.59. The minimum atomic E-state index is -0.0816. The maximum absolute atomic E-state index is 14.7. The monoisotopic (exact) mass is 389 g/mol. The van der Waals surface area contributed by atoms with Gasteiger partial charge in [0.25, 0.3) is 0 Å². The van der Waals surface area contributed by atoms with Crippen molar-refractivity contribution >= 4 is 18.1 Å². The number of halogens is 2. The third-order valence-electron chi connectivity index (χ3n) is 5.97. The molecule has 2 aliphatic rings. The molecule has 2 N–H and O–H groups in total. The minimum Gasteiger partial charge on any atom is -0.371 e. The molecule has 0 bridgehead atoms. The average Bonchev–Trinajstić information content (AvgIpc) is 3.34. The molecule has 3 nitrogen and oxygen atoms in total. The van der Waals surface area contributed by atoms with Crippen molar-refractivity contribution in [2.24, 2.45) is 11.7 Å². The average molecular weight is 390 g/mol. The number of rotatable bonds is 5. The van der Waals surface area contributed by atoms with Crippen LogP contribution in [0.15, 0.2) is 48.5 Å². The summed E-state index contributed by atoms with van der Waals surface area (Å²) in [6, 6.07) is 16.1. The Hall–Kier alpha value is -1.62. The summed E-state index contributed by atoms with van der Waals surface area (Å²) in [6.07, 6.45) is 2.40. The zero-order chi connectivity index (χ0) is 17.9. The lowest BCUT2D eigenvalue weighted by molar-refractivity contribution is 0.312. The number of hydrogen-bond donors (Lipinski definition) is 1. The molecule has 5 heteroatoms. The second kappa shape index (κ2) is 9.05. The van der Waals surface area contributed by atoms with E-state index in [0.29, 0.717) is 24.9 Å². The van der Waals surface area contributed by atoms with E-state index >= 15 is 0 Å². The summed E-state index contributed by atoms with van der Waals surface area (Å²) in [6.45, 7) is 5.29. The maximum atomic E-state index is 14.7. The Morgan fingerprint density at radius 2 is 1.70 bits per heavy atom. The Labute approximate surface area is 167 Å². The molecule has 0 spiro atoms. The lowest BCUT2D eigenvalue weighted by Crippen LogP contribution is -2.26. The summed E-state index contributed by atoms with van der Waals surface area (Å²) in [7, 11) is 0. The smallest absolute Gasteiger partial charge is 0.129 e. The SMILES string of the molecule is Cl.NC[C@@H]1CN(Cc2c(F)cccc2N2CCCC2)C[C@H]1c1ccccc1. The highest BCUT2D eigenvalue weighted by Crippen LogP contribution is 2.35. The van der Waals surface area contributed by atoms with Gasteiger partial charge in [-0.25, -0.2) is 4.39 Å². The highest BCUT2D eigenvalue weighted by atomic mass is 35.5. The number of hydrogen-bond acceptors (Lipinski definition) is 3. The molecule has 2 aromatic carbocycles. The van der Waals surface area contributed by atoms with E-state index in [4.69, 9.17) is 5.73 Å². The van der Waals surface area contributed by atoms with Gasteiger partial charge in [0.05, 0.1) is 0 Å². The van der Waals surface area contributed by atoms with E-state index in [1.165, 1.54) is 18.4 Å². The van der Waals surface area contributed by atoms with Crippen LogP contribution in [0.5, 0.6) is 0 Å². The first-order valence-electron chi connectivity index (χ1n) is 9.76. The third-order valence-corrected chi connectivity index (χ3v) is 5.97.